The van der Waals surface area contributed by atoms with Gasteiger partial charge in [0.25, 0.3) is 0 Å². The lowest BCUT2D eigenvalue weighted by Gasteiger charge is -2.14. The molecule has 9 nitrogen and oxygen atoms in total. The Labute approximate surface area is 248 Å². The third kappa shape index (κ3) is 5.71. The zero-order chi connectivity index (χ0) is 29.3. The van der Waals surface area contributed by atoms with E-state index in [0.29, 0.717) is 23.7 Å². The predicted octanol–water partition coefficient (Wildman–Crippen LogP) is 5.91. The van der Waals surface area contributed by atoms with Crippen LogP contribution >= 0.6 is 0 Å². The Morgan fingerprint density at radius 2 is 1.79 bits per heavy atom. The van der Waals surface area contributed by atoms with Gasteiger partial charge >= 0.3 is 0 Å². The molecule has 0 saturated carbocycles. The van der Waals surface area contributed by atoms with Crippen LogP contribution in [0.4, 0.5) is 4.39 Å². The second kappa shape index (κ2) is 11.5. The molecule has 1 aliphatic rings. The standard InChI is InChI=1S/C33H33FN8O/c1-41(2)9-10-43-26-13-22(12-25(34)15-26)27-5-6-36-32-28(27)16-30(38-32)31-29-14-24(19-37-33(29)40-39-31)23-11-21(17-35-18-23)20-42-7-3-4-8-42/h5-6,11-19H,3-4,7-10,20H2,1-2H3,(H,36,38)(H,37,39,40). The summed E-state index contributed by atoms with van der Waals surface area (Å²) in [5, 5.41) is 9.38. The van der Waals surface area contributed by atoms with Gasteiger partial charge in [-0.15, -0.1) is 0 Å². The van der Waals surface area contributed by atoms with Crippen LogP contribution in [0.5, 0.6) is 5.75 Å². The number of pyridine rings is 3. The molecule has 2 N–H and O–H groups in total. The van der Waals surface area contributed by atoms with E-state index in [1.165, 1.54) is 30.5 Å². The van der Waals surface area contributed by atoms with Gasteiger partial charge in [-0.2, -0.15) is 5.10 Å². The van der Waals surface area contributed by atoms with Gasteiger partial charge in [0, 0.05) is 65.8 Å². The predicted molar refractivity (Wildman–Crippen MR) is 166 cm³/mol. The average molecular weight is 577 g/mol. The fraction of sp³-hybridized carbons (Fsp3) is 0.273. The summed E-state index contributed by atoms with van der Waals surface area (Å²) in [6, 6.07) is 13.0. The summed E-state index contributed by atoms with van der Waals surface area (Å²) in [7, 11) is 3.95. The van der Waals surface area contributed by atoms with E-state index in [4.69, 9.17) is 4.74 Å². The molecule has 0 unspecified atom stereocenters. The van der Waals surface area contributed by atoms with Crippen molar-refractivity contribution in [2.24, 2.45) is 0 Å². The Kier molecular flexibility index (Phi) is 7.30. The highest BCUT2D eigenvalue weighted by Gasteiger charge is 2.17. The van der Waals surface area contributed by atoms with E-state index in [1.54, 1.807) is 6.20 Å². The summed E-state index contributed by atoms with van der Waals surface area (Å²) in [6.45, 7) is 4.40. The molecule has 0 bridgehead atoms. The lowest BCUT2D eigenvalue weighted by molar-refractivity contribution is 0.260. The molecular weight excluding hydrogens is 543 g/mol. The molecule has 6 aromatic rings. The van der Waals surface area contributed by atoms with E-state index < -0.39 is 0 Å². The lowest BCUT2D eigenvalue weighted by atomic mass is 10.0. The molecule has 10 heteroatoms. The van der Waals surface area contributed by atoms with Crippen LogP contribution in [0.1, 0.15) is 18.4 Å². The molecule has 0 atom stereocenters. The molecule has 0 amide bonds. The first-order valence-corrected chi connectivity index (χ1v) is 14.6. The first-order valence-electron chi connectivity index (χ1n) is 14.6. The number of nitrogens with zero attached hydrogens (tertiary/aromatic N) is 6. The highest BCUT2D eigenvalue weighted by atomic mass is 19.1. The van der Waals surface area contributed by atoms with Gasteiger partial charge in [-0.3, -0.25) is 15.0 Å². The minimum Gasteiger partial charge on any atom is -0.492 e. The van der Waals surface area contributed by atoms with Crippen molar-refractivity contribution in [1.82, 2.24) is 39.9 Å². The van der Waals surface area contributed by atoms with Crippen LogP contribution in [0.2, 0.25) is 0 Å². The average Bonchev–Trinajstić information content (AvgIpc) is 3.76. The van der Waals surface area contributed by atoms with Crippen LogP contribution in [-0.2, 0) is 6.54 Å². The summed E-state index contributed by atoms with van der Waals surface area (Å²) in [5.74, 6) is 0.143. The number of halogens is 1. The van der Waals surface area contributed by atoms with E-state index in [1.807, 2.05) is 55.8 Å². The monoisotopic (exact) mass is 576 g/mol. The minimum atomic E-state index is -0.352. The number of benzene rings is 1. The third-order valence-electron chi connectivity index (χ3n) is 7.93. The molecule has 218 valence electrons. The Morgan fingerprint density at radius 1 is 0.930 bits per heavy atom. The smallest absolute Gasteiger partial charge is 0.181 e. The number of ether oxygens (including phenoxy) is 1. The van der Waals surface area contributed by atoms with Crippen LogP contribution in [0.15, 0.2) is 67.3 Å². The number of aromatic nitrogens is 6. The van der Waals surface area contributed by atoms with Crippen molar-refractivity contribution < 1.29 is 9.13 Å². The van der Waals surface area contributed by atoms with Crippen LogP contribution in [-0.4, -0.2) is 80.3 Å². The van der Waals surface area contributed by atoms with Gasteiger partial charge in [0.1, 0.15) is 23.8 Å². The van der Waals surface area contributed by atoms with E-state index in [2.05, 4.69) is 47.2 Å². The topological polar surface area (TPSA) is 98.8 Å². The van der Waals surface area contributed by atoms with Crippen LogP contribution in [0, 0.1) is 5.82 Å². The number of hydrogen-bond acceptors (Lipinski definition) is 7. The molecule has 6 heterocycles. The van der Waals surface area contributed by atoms with Gasteiger partial charge < -0.3 is 14.6 Å². The van der Waals surface area contributed by atoms with Gasteiger partial charge in [0.2, 0.25) is 0 Å². The van der Waals surface area contributed by atoms with E-state index in [9.17, 15) is 4.39 Å². The molecule has 1 fully saturated rings. The number of hydrogen-bond donors (Lipinski definition) is 2. The Balaban J connectivity index is 1.22. The van der Waals surface area contributed by atoms with Crippen molar-refractivity contribution in [3.63, 3.8) is 0 Å². The largest absolute Gasteiger partial charge is 0.492 e. The number of rotatable bonds is 9. The summed E-state index contributed by atoms with van der Waals surface area (Å²) in [6.07, 6.45) is 9.92. The maximum atomic E-state index is 14.7. The van der Waals surface area contributed by atoms with Crippen LogP contribution in [0.3, 0.4) is 0 Å². The van der Waals surface area contributed by atoms with Crippen molar-refractivity contribution in [3.8, 4) is 39.4 Å². The van der Waals surface area contributed by atoms with Crippen molar-refractivity contribution in [2.45, 2.75) is 19.4 Å². The summed E-state index contributed by atoms with van der Waals surface area (Å²) in [5.41, 5.74) is 7.71. The number of likely N-dealkylation sites (N-methyl/N-ethyl adjacent to an activating group) is 1. The number of fused-ring (bicyclic) bond motifs is 2. The normalized spacial score (nSPS) is 14.0. The van der Waals surface area contributed by atoms with Gasteiger partial charge in [0.05, 0.1) is 11.4 Å². The van der Waals surface area contributed by atoms with Crippen molar-refractivity contribution in [1.29, 1.82) is 0 Å². The molecule has 5 aromatic heterocycles. The number of aromatic amines is 2. The summed E-state index contributed by atoms with van der Waals surface area (Å²) < 4.78 is 20.5. The number of nitrogens with one attached hydrogen (secondary N) is 2. The summed E-state index contributed by atoms with van der Waals surface area (Å²) in [4.78, 5) is 21.6. The van der Waals surface area contributed by atoms with Crippen LogP contribution in [0.25, 0.3) is 55.7 Å². The first kappa shape index (κ1) is 27.2. The van der Waals surface area contributed by atoms with Crippen molar-refractivity contribution >= 4 is 22.1 Å². The second-order valence-electron chi connectivity index (χ2n) is 11.4. The van der Waals surface area contributed by atoms with Gasteiger partial charge in [-0.1, -0.05) is 0 Å². The fourth-order valence-electron chi connectivity index (χ4n) is 5.75. The van der Waals surface area contributed by atoms with Crippen molar-refractivity contribution in [2.75, 3.05) is 40.3 Å². The van der Waals surface area contributed by atoms with E-state index in [-0.39, 0.29) is 5.82 Å². The van der Waals surface area contributed by atoms with Gasteiger partial charge in [-0.25, -0.2) is 14.4 Å². The second-order valence-corrected chi connectivity index (χ2v) is 11.4. The molecular formula is C33H33FN8O. The Bertz CT molecular complexity index is 1910. The first-order chi connectivity index (χ1) is 21.0. The molecule has 0 aliphatic carbocycles. The molecule has 0 radical (unpaired) electrons. The quantitative estimate of drug-likeness (QED) is 0.221. The number of likely N-dealkylation sites (tertiary alicyclic amines) is 1. The zero-order valence-corrected chi connectivity index (χ0v) is 24.3. The van der Waals surface area contributed by atoms with E-state index >= 15 is 0 Å². The maximum Gasteiger partial charge on any atom is 0.181 e. The molecule has 0 spiro atoms. The third-order valence-corrected chi connectivity index (χ3v) is 7.93. The molecule has 1 aromatic carbocycles. The highest BCUT2D eigenvalue weighted by molar-refractivity contribution is 5.99. The van der Waals surface area contributed by atoms with Crippen molar-refractivity contribution in [3.05, 3.63) is 78.6 Å². The van der Waals surface area contributed by atoms with E-state index in [0.717, 1.165) is 70.6 Å². The molecule has 43 heavy (non-hydrogen) atoms. The Hall–Kier alpha value is -4.67. The number of H-pyrrole nitrogens is 2. The SMILES string of the molecule is CN(C)CCOc1cc(F)cc(-c2ccnc3[nH]c(-c4[nH]nc5ncc(-c6cncc(CN7CCCC7)c6)cc45)cc23)c1. The van der Waals surface area contributed by atoms with Gasteiger partial charge in [-0.05, 0) is 93.1 Å². The zero-order valence-electron chi connectivity index (χ0n) is 24.3. The highest BCUT2D eigenvalue weighted by Crippen LogP contribution is 2.35. The fourth-order valence-corrected chi connectivity index (χ4v) is 5.75. The molecule has 1 saturated heterocycles. The van der Waals surface area contributed by atoms with Gasteiger partial charge in [0.15, 0.2) is 5.65 Å². The molecule has 7 rings (SSSR count). The Morgan fingerprint density at radius 3 is 2.65 bits per heavy atom. The molecule has 1 aliphatic heterocycles. The lowest BCUT2D eigenvalue weighted by Crippen LogP contribution is -2.19. The summed E-state index contributed by atoms with van der Waals surface area (Å²) >= 11 is 0. The maximum absolute atomic E-state index is 14.7. The van der Waals surface area contributed by atoms with Crippen LogP contribution < -0.4 is 4.74 Å². The minimum absolute atomic E-state index is 0.352.